The molecule has 39 heavy (non-hydrogen) atoms. The van der Waals surface area contributed by atoms with Crippen molar-refractivity contribution in [3.8, 4) is 16.9 Å². The quantitative estimate of drug-likeness (QED) is 0.248. The Bertz CT molecular complexity index is 1310. The average molecular weight is 580 g/mol. The van der Waals surface area contributed by atoms with E-state index in [9.17, 15) is 57.1 Å². The molecule has 0 fully saturated rings. The SMILES string of the molecule is CCCc1cc(F)c(-c2cc(F)c(C(F)(F)Oc3cc(F)c(C(F)(F)OC(F)(F)F)c(F)c3)c(F)c2)c(F)c1. The van der Waals surface area contributed by atoms with Gasteiger partial charge in [-0.05, 0) is 41.8 Å². The molecule has 0 radical (unpaired) electrons. The topological polar surface area (TPSA) is 18.5 Å². The highest BCUT2D eigenvalue weighted by atomic mass is 19.4. The van der Waals surface area contributed by atoms with Gasteiger partial charge in [0, 0.05) is 12.1 Å². The predicted octanol–water partition coefficient (Wildman–Crippen LogP) is 8.85. The molecule has 0 heterocycles. The molecule has 212 valence electrons. The fraction of sp³-hybridized carbons (Fsp3) is 0.250. The fourth-order valence-electron chi connectivity index (χ4n) is 3.61. The molecule has 0 atom stereocenters. The third kappa shape index (κ3) is 6.57. The molecule has 0 aromatic heterocycles. The highest BCUT2D eigenvalue weighted by Crippen LogP contribution is 2.42. The Morgan fingerprint density at radius 3 is 1.46 bits per heavy atom. The van der Waals surface area contributed by atoms with Crippen LogP contribution < -0.4 is 4.74 Å². The monoisotopic (exact) mass is 580 g/mol. The van der Waals surface area contributed by atoms with Crippen molar-refractivity contribution in [3.63, 3.8) is 0 Å². The lowest BCUT2D eigenvalue weighted by atomic mass is 9.98. The molecule has 2 nitrogen and oxygen atoms in total. The van der Waals surface area contributed by atoms with Gasteiger partial charge in [-0.3, -0.25) is 0 Å². The number of halogens is 13. The van der Waals surface area contributed by atoms with Crippen LogP contribution in [0.1, 0.15) is 30.0 Å². The van der Waals surface area contributed by atoms with Gasteiger partial charge in [-0.15, -0.1) is 13.2 Å². The third-order valence-corrected chi connectivity index (χ3v) is 5.06. The first-order chi connectivity index (χ1) is 17.9. The second-order valence-corrected chi connectivity index (χ2v) is 7.94. The number of hydrogen-bond donors (Lipinski definition) is 0. The van der Waals surface area contributed by atoms with Crippen LogP contribution in [0.5, 0.6) is 5.75 Å². The van der Waals surface area contributed by atoms with Gasteiger partial charge in [0.25, 0.3) is 0 Å². The van der Waals surface area contributed by atoms with Crippen LogP contribution in [0.15, 0.2) is 36.4 Å². The zero-order chi connectivity index (χ0) is 29.5. The largest absolute Gasteiger partial charge is 0.527 e. The van der Waals surface area contributed by atoms with E-state index in [-0.39, 0.29) is 24.1 Å². The van der Waals surface area contributed by atoms with E-state index in [1.54, 1.807) is 6.92 Å². The standard InChI is InChI=1S/C24H13F13O2/c1-2-3-10-4-13(25)19(14(26)5-10)11-6-15(27)20(16(28)7-11)22(31,32)38-12-8-17(29)21(18(30)9-12)23(33,34)39-24(35,36)37/h4-9H,2-3H2,1H3. The number of aryl methyl sites for hydroxylation is 1. The van der Waals surface area contributed by atoms with Gasteiger partial charge in [0.2, 0.25) is 0 Å². The summed E-state index contributed by atoms with van der Waals surface area (Å²) in [5, 5.41) is 0. The number of alkyl halides is 7. The first kappa shape index (κ1) is 30.1. The van der Waals surface area contributed by atoms with E-state index in [1.165, 1.54) is 0 Å². The van der Waals surface area contributed by atoms with Gasteiger partial charge in [-0.1, -0.05) is 13.3 Å². The first-order valence-electron chi connectivity index (χ1n) is 10.5. The van der Waals surface area contributed by atoms with Gasteiger partial charge in [-0.25, -0.2) is 31.1 Å². The zero-order valence-corrected chi connectivity index (χ0v) is 19.1. The Morgan fingerprint density at radius 1 is 0.590 bits per heavy atom. The minimum atomic E-state index is -6.06. The molecule has 0 saturated heterocycles. The lowest BCUT2D eigenvalue weighted by Crippen LogP contribution is -2.30. The van der Waals surface area contributed by atoms with Crippen LogP contribution in [0.3, 0.4) is 0 Å². The summed E-state index contributed by atoms with van der Waals surface area (Å²) in [6.07, 6.45) is -16.1. The van der Waals surface area contributed by atoms with Crippen LogP contribution in [-0.2, 0) is 23.4 Å². The van der Waals surface area contributed by atoms with E-state index < -0.39 is 93.6 Å². The van der Waals surface area contributed by atoms with Gasteiger partial charge in [0.15, 0.2) is 0 Å². The molecule has 0 N–H and O–H groups in total. The molecule has 0 spiro atoms. The summed E-state index contributed by atoms with van der Waals surface area (Å²) in [7, 11) is 0. The van der Waals surface area contributed by atoms with Crippen molar-refractivity contribution in [2.45, 2.75) is 38.3 Å². The minimum Gasteiger partial charge on any atom is -0.429 e. The van der Waals surface area contributed by atoms with E-state index >= 15 is 0 Å². The maximum absolute atomic E-state index is 14.6. The van der Waals surface area contributed by atoms with Crippen LogP contribution in [0.4, 0.5) is 57.1 Å². The summed E-state index contributed by atoms with van der Waals surface area (Å²) < 4.78 is 185. The number of hydrogen-bond acceptors (Lipinski definition) is 2. The molecule has 15 heteroatoms. The number of benzene rings is 3. The van der Waals surface area contributed by atoms with Gasteiger partial charge in [-0.2, -0.15) is 17.6 Å². The van der Waals surface area contributed by atoms with E-state index in [2.05, 4.69) is 9.47 Å². The van der Waals surface area contributed by atoms with E-state index in [4.69, 9.17) is 0 Å². The molecule has 0 aliphatic carbocycles. The van der Waals surface area contributed by atoms with Crippen molar-refractivity contribution >= 4 is 0 Å². The van der Waals surface area contributed by atoms with Crippen LogP contribution in [-0.4, -0.2) is 6.36 Å². The molecule has 0 bridgehead atoms. The minimum absolute atomic E-state index is 0.121. The molecule has 3 rings (SSSR count). The smallest absolute Gasteiger partial charge is 0.429 e. The molecule has 0 saturated carbocycles. The molecular weight excluding hydrogens is 567 g/mol. The van der Waals surface area contributed by atoms with Crippen molar-refractivity contribution in [2.75, 3.05) is 0 Å². The predicted molar refractivity (Wildman–Crippen MR) is 108 cm³/mol. The van der Waals surface area contributed by atoms with Crippen molar-refractivity contribution in [2.24, 2.45) is 0 Å². The Hall–Kier alpha value is -3.49. The van der Waals surface area contributed by atoms with Gasteiger partial charge in [0.1, 0.15) is 51.8 Å². The van der Waals surface area contributed by atoms with Gasteiger partial charge < -0.3 is 4.74 Å². The first-order valence-corrected chi connectivity index (χ1v) is 10.5. The molecule has 0 aliphatic rings. The fourth-order valence-corrected chi connectivity index (χ4v) is 3.61. The molecule has 0 unspecified atom stereocenters. The van der Waals surface area contributed by atoms with Crippen molar-refractivity contribution in [3.05, 3.63) is 88.0 Å². The van der Waals surface area contributed by atoms with Crippen LogP contribution >= 0.6 is 0 Å². The van der Waals surface area contributed by atoms with Crippen molar-refractivity contribution < 1.29 is 66.5 Å². The van der Waals surface area contributed by atoms with E-state index in [1.807, 2.05) is 0 Å². The molecule has 0 amide bonds. The van der Waals surface area contributed by atoms with Crippen LogP contribution in [0.2, 0.25) is 0 Å². The summed E-state index contributed by atoms with van der Waals surface area (Å²) in [5.41, 5.74) is -6.40. The Balaban J connectivity index is 1.98. The normalized spacial score (nSPS) is 12.7. The van der Waals surface area contributed by atoms with Crippen molar-refractivity contribution in [1.82, 2.24) is 0 Å². The maximum Gasteiger partial charge on any atom is 0.527 e. The lowest BCUT2D eigenvalue weighted by Gasteiger charge is -2.22. The Morgan fingerprint density at radius 2 is 1.03 bits per heavy atom. The Labute approximate surface area is 210 Å². The highest BCUT2D eigenvalue weighted by molar-refractivity contribution is 5.66. The second-order valence-electron chi connectivity index (χ2n) is 7.94. The Kier molecular flexibility index (Phi) is 8.16. The second kappa shape index (κ2) is 10.6. The summed E-state index contributed by atoms with van der Waals surface area (Å²) in [6, 6.07) is 1.17. The van der Waals surface area contributed by atoms with E-state index in [0.717, 1.165) is 12.1 Å². The zero-order valence-electron chi connectivity index (χ0n) is 19.1. The van der Waals surface area contributed by atoms with Crippen LogP contribution in [0, 0.1) is 34.9 Å². The lowest BCUT2D eigenvalue weighted by molar-refractivity contribution is -0.432. The van der Waals surface area contributed by atoms with Gasteiger partial charge in [0.05, 0.1) is 5.56 Å². The summed E-state index contributed by atoms with van der Waals surface area (Å²) in [5.74, 6) is -13.5. The summed E-state index contributed by atoms with van der Waals surface area (Å²) in [4.78, 5) is 0. The maximum atomic E-state index is 14.6. The van der Waals surface area contributed by atoms with Crippen LogP contribution in [0.25, 0.3) is 11.1 Å². The van der Waals surface area contributed by atoms with Gasteiger partial charge >= 0.3 is 18.6 Å². The highest BCUT2D eigenvalue weighted by Gasteiger charge is 2.50. The van der Waals surface area contributed by atoms with Crippen molar-refractivity contribution in [1.29, 1.82) is 0 Å². The average Bonchev–Trinajstić information content (AvgIpc) is 2.69. The molecular formula is C24H13F13O2. The molecule has 3 aromatic rings. The number of rotatable bonds is 8. The molecule has 0 aliphatic heterocycles. The summed E-state index contributed by atoms with van der Waals surface area (Å²) in [6.45, 7) is 1.71. The van der Waals surface area contributed by atoms with E-state index in [0.29, 0.717) is 6.42 Å². The molecule has 3 aromatic carbocycles. The third-order valence-electron chi connectivity index (χ3n) is 5.06. The number of ether oxygens (including phenoxy) is 2. The summed E-state index contributed by atoms with van der Waals surface area (Å²) >= 11 is 0.